The number of amides is 1. The molecule has 1 amide bonds. The highest BCUT2D eigenvalue weighted by Gasteiger charge is 2.35. The molecule has 2 aliphatic heterocycles. The number of carbonyl (C=O) groups is 1. The van der Waals surface area contributed by atoms with E-state index < -0.39 is 10.0 Å². The summed E-state index contributed by atoms with van der Waals surface area (Å²) in [6, 6.07) is 3.43. The molecule has 2 aliphatic rings. The monoisotopic (exact) mass is 384 g/mol. The maximum Gasteiger partial charge on any atom is 0.252 e. The molecule has 1 aromatic rings. The van der Waals surface area contributed by atoms with Crippen molar-refractivity contribution in [3.8, 4) is 0 Å². The molecule has 140 valence electrons. The molecule has 25 heavy (non-hydrogen) atoms. The number of sulfonamides is 1. The average Bonchev–Trinajstić information content (AvgIpc) is 3.05. The van der Waals surface area contributed by atoms with Gasteiger partial charge in [-0.1, -0.05) is 25.8 Å². The van der Waals surface area contributed by atoms with Crippen LogP contribution in [0.5, 0.6) is 0 Å². The fraction of sp³-hybridized carbons (Fsp3) is 0.722. The van der Waals surface area contributed by atoms with E-state index in [1.807, 2.05) is 11.8 Å². The van der Waals surface area contributed by atoms with Crippen molar-refractivity contribution in [2.45, 2.75) is 49.7 Å². The highest BCUT2D eigenvalue weighted by atomic mass is 32.2. The van der Waals surface area contributed by atoms with Crippen LogP contribution < -0.4 is 0 Å². The maximum atomic E-state index is 12.8. The van der Waals surface area contributed by atoms with Crippen molar-refractivity contribution in [3.05, 3.63) is 17.5 Å². The van der Waals surface area contributed by atoms with Crippen LogP contribution in [0.15, 0.2) is 21.7 Å². The Hall–Kier alpha value is -0.920. The Morgan fingerprint density at radius 3 is 2.32 bits per heavy atom. The van der Waals surface area contributed by atoms with Gasteiger partial charge in [-0.05, 0) is 43.0 Å². The van der Waals surface area contributed by atoms with Gasteiger partial charge in [-0.3, -0.25) is 4.79 Å². The fourth-order valence-electron chi connectivity index (χ4n) is 3.93. The molecule has 1 atom stereocenters. The zero-order valence-electron chi connectivity index (χ0n) is 14.9. The van der Waals surface area contributed by atoms with Gasteiger partial charge in [0, 0.05) is 32.1 Å². The fourth-order valence-corrected chi connectivity index (χ4v) is 6.55. The van der Waals surface area contributed by atoms with Gasteiger partial charge in [0.25, 0.3) is 10.0 Å². The van der Waals surface area contributed by atoms with Crippen LogP contribution >= 0.6 is 11.3 Å². The van der Waals surface area contributed by atoms with E-state index in [2.05, 4.69) is 0 Å². The summed E-state index contributed by atoms with van der Waals surface area (Å²) < 4.78 is 27.2. The first-order chi connectivity index (χ1) is 12.0. The maximum absolute atomic E-state index is 12.8. The number of thiophene rings is 1. The topological polar surface area (TPSA) is 57.7 Å². The lowest BCUT2D eigenvalue weighted by atomic mass is 9.85. The molecule has 3 rings (SSSR count). The lowest BCUT2D eigenvalue weighted by Gasteiger charge is -2.35. The van der Waals surface area contributed by atoms with E-state index in [1.165, 1.54) is 24.2 Å². The summed E-state index contributed by atoms with van der Waals surface area (Å²) in [5, 5.41) is 1.79. The second-order valence-corrected chi connectivity index (χ2v) is 10.3. The molecule has 5 nitrogen and oxygen atoms in total. The third-order valence-electron chi connectivity index (χ3n) is 5.60. The molecule has 1 aromatic heterocycles. The molecule has 2 fully saturated rings. The number of piperidine rings is 1. The highest BCUT2D eigenvalue weighted by molar-refractivity contribution is 7.91. The van der Waals surface area contributed by atoms with E-state index in [1.54, 1.807) is 21.8 Å². The normalized spacial score (nSPS) is 22.5. The first kappa shape index (κ1) is 18.9. The van der Waals surface area contributed by atoms with Crippen molar-refractivity contribution in [2.75, 3.05) is 26.2 Å². The van der Waals surface area contributed by atoms with Gasteiger partial charge in [0.1, 0.15) is 4.21 Å². The summed E-state index contributed by atoms with van der Waals surface area (Å²) >= 11 is 1.27. The minimum Gasteiger partial charge on any atom is -0.342 e. The number of hydrogen-bond donors (Lipinski definition) is 0. The van der Waals surface area contributed by atoms with Gasteiger partial charge in [0.15, 0.2) is 0 Å². The summed E-state index contributed by atoms with van der Waals surface area (Å²) in [5.74, 6) is 0.539. The van der Waals surface area contributed by atoms with Gasteiger partial charge in [-0.15, -0.1) is 11.3 Å². The molecule has 3 heterocycles. The van der Waals surface area contributed by atoms with Crippen LogP contribution in [0.1, 0.15) is 45.4 Å². The second-order valence-electron chi connectivity index (χ2n) is 7.20. The second kappa shape index (κ2) is 8.18. The zero-order chi connectivity index (χ0) is 17.9. The Morgan fingerprint density at radius 1 is 1.12 bits per heavy atom. The molecule has 0 bridgehead atoms. The van der Waals surface area contributed by atoms with Gasteiger partial charge in [0.2, 0.25) is 5.91 Å². The first-order valence-electron chi connectivity index (χ1n) is 9.32. The van der Waals surface area contributed by atoms with Crippen molar-refractivity contribution in [3.63, 3.8) is 0 Å². The summed E-state index contributed by atoms with van der Waals surface area (Å²) in [6.45, 7) is 4.83. The Bertz CT molecular complexity index is 657. The number of nitrogens with zero attached hydrogens (tertiary/aromatic N) is 2. The van der Waals surface area contributed by atoms with Crippen LogP contribution in [-0.2, 0) is 14.8 Å². The zero-order valence-corrected chi connectivity index (χ0v) is 16.5. The van der Waals surface area contributed by atoms with Crippen LogP contribution in [0.4, 0.5) is 0 Å². The van der Waals surface area contributed by atoms with Gasteiger partial charge in [0.05, 0.1) is 0 Å². The molecule has 1 unspecified atom stereocenters. The quantitative estimate of drug-likeness (QED) is 0.801. The molecule has 2 saturated heterocycles. The lowest BCUT2D eigenvalue weighted by Crippen LogP contribution is -2.44. The molecular weight excluding hydrogens is 356 g/mol. The average molecular weight is 385 g/mol. The van der Waals surface area contributed by atoms with Crippen LogP contribution in [0.3, 0.4) is 0 Å². The Kier molecular flexibility index (Phi) is 6.17. The number of hydrogen-bond acceptors (Lipinski definition) is 4. The molecule has 0 N–H and O–H groups in total. The third kappa shape index (κ3) is 4.26. The number of likely N-dealkylation sites (tertiary alicyclic amines) is 1. The predicted octanol–water partition coefficient (Wildman–Crippen LogP) is 3.19. The first-order valence-corrected chi connectivity index (χ1v) is 11.6. The van der Waals surface area contributed by atoms with E-state index in [4.69, 9.17) is 0 Å². The Balaban J connectivity index is 1.57. The number of rotatable bonds is 4. The third-order valence-corrected chi connectivity index (χ3v) is 8.87. The van der Waals surface area contributed by atoms with Gasteiger partial charge in [-0.25, -0.2) is 8.42 Å². The van der Waals surface area contributed by atoms with E-state index in [9.17, 15) is 13.2 Å². The van der Waals surface area contributed by atoms with E-state index in [-0.39, 0.29) is 17.7 Å². The van der Waals surface area contributed by atoms with Crippen LogP contribution in [-0.4, -0.2) is 49.7 Å². The van der Waals surface area contributed by atoms with Crippen LogP contribution in [0, 0.1) is 11.8 Å². The van der Waals surface area contributed by atoms with Crippen molar-refractivity contribution in [1.82, 2.24) is 9.21 Å². The molecule has 0 aromatic carbocycles. The van der Waals surface area contributed by atoms with E-state index in [0.29, 0.717) is 17.3 Å². The van der Waals surface area contributed by atoms with Crippen molar-refractivity contribution in [1.29, 1.82) is 0 Å². The van der Waals surface area contributed by atoms with E-state index >= 15 is 0 Å². The van der Waals surface area contributed by atoms with Gasteiger partial charge < -0.3 is 4.90 Å². The minimum absolute atomic E-state index is 0.00954. The van der Waals surface area contributed by atoms with Gasteiger partial charge >= 0.3 is 0 Å². The molecule has 0 spiro atoms. The minimum atomic E-state index is -3.36. The Morgan fingerprint density at radius 2 is 1.76 bits per heavy atom. The molecule has 0 radical (unpaired) electrons. The molecule has 7 heteroatoms. The number of carbonyl (C=O) groups excluding carboxylic acids is 1. The van der Waals surface area contributed by atoms with Crippen molar-refractivity contribution >= 4 is 27.3 Å². The summed E-state index contributed by atoms with van der Waals surface area (Å²) in [4.78, 5) is 14.8. The van der Waals surface area contributed by atoms with Crippen LogP contribution in [0.25, 0.3) is 0 Å². The largest absolute Gasteiger partial charge is 0.342 e. The Labute approximate surface area is 155 Å². The predicted molar refractivity (Wildman–Crippen MR) is 100 cm³/mol. The van der Waals surface area contributed by atoms with Crippen molar-refractivity contribution < 1.29 is 13.2 Å². The van der Waals surface area contributed by atoms with Crippen molar-refractivity contribution in [2.24, 2.45) is 11.8 Å². The van der Waals surface area contributed by atoms with E-state index in [0.717, 1.165) is 38.8 Å². The smallest absolute Gasteiger partial charge is 0.252 e. The van der Waals surface area contributed by atoms with Gasteiger partial charge in [-0.2, -0.15) is 4.31 Å². The van der Waals surface area contributed by atoms with Crippen LogP contribution in [0.2, 0.25) is 0 Å². The SMILES string of the molecule is CC(C(=O)N1CCCCCC1)C1CCN(S(=O)(=O)c2cccs2)CC1. The lowest BCUT2D eigenvalue weighted by molar-refractivity contribution is -0.137. The standard InChI is InChI=1S/C18H28N2O3S2/c1-15(18(21)19-10-4-2-3-5-11-19)16-8-12-20(13-9-16)25(22,23)17-7-6-14-24-17/h6-7,14-16H,2-5,8-13H2,1H3. The highest BCUT2D eigenvalue weighted by Crippen LogP contribution is 2.31. The summed E-state index contributed by atoms with van der Waals surface area (Å²) in [6.07, 6.45) is 6.19. The summed E-state index contributed by atoms with van der Waals surface area (Å²) in [7, 11) is -3.36. The molecule has 0 aliphatic carbocycles. The summed E-state index contributed by atoms with van der Waals surface area (Å²) in [5.41, 5.74) is 0. The molecular formula is C18H28N2O3S2. The molecule has 0 saturated carbocycles.